The summed E-state index contributed by atoms with van der Waals surface area (Å²) in [6.45, 7) is 6.43. The first-order valence-electron chi connectivity index (χ1n) is 7.69. The Morgan fingerprint density at radius 2 is 1.75 bits per heavy atom. The second kappa shape index (κ2) is 6.23. The standard InChI is InChI=1S/C18H19N5O/c1-18(2,3)14-10-8-13(9-11-14)17(24)20-15-6-4-5-7-16(15)23-12-19-21-22-23/h4-12H,1-3H3,(H,20,24). The maximum Gasteiger partial charge on any atom is 0.255 e. The Bertz CT molecular complexity index is 833. The molecule has 24 heavy (non-hydrogen) atoms. The van der Waals surface area contributed by atoms with E-state index in [0.717, 1.165) is 0 Å². The van der Waals surface area contributed by atoms with Crippen molar-refractivity contribution >= 4 is 11.6 Å². The molecule has 3 rings (SSSR count). The minimum Gasteiger partial charge on any atom is -0.320 e. The van der Waals surface area contributed by atoms with E-state index in [1.54, 1.807) is 0 Å². The third-order valence-electron chi connectivity index (χ3n) is 3.76. The first-order chi connectivity index (χ1) is 11.4. The molecule has 0 bridgehead atoms. The lowest BCUT2D eigenvalue weighted by atomic mass is 9.87. The van der Waals surface area contributed by atoms with Gasteiger partial charge in [0.25, 0.3) is 5.91 Å². The predicted octanol–water partition coefficient (Wildman–Crippen LogP) is 3.21. The number of anilines is 1. The first kappa shape index (κ1) is 15.9. The molecule has 0 fully saturated rings. The van der Waals surface area contributed by atoms with Crippen molar-refractivity contribution in [3.8, 4) is 5.69 Å². The van der Waals surface area contributed by atoms with E-state index < -0.39 is 0 Å². The number of nitrogens with one attached hydrogen (secondary N) is 1. The van der Waals surface area contributed by atoms with Crippen LogP contribution in [0.3, 0.4) is 0 Å². The number of carbonyl (C=O) groups excluding carboxylic acids is 1. The van der Waals surface area contributed by atoms with Crippen molar-refractivity contribution in [2.24, 2.45) is 0 Å². The van der Waals surface area contributed by atoms with Crippen LogP contribution in [-0.4, -0.2) is 26.1 Å². The zero-order valence-corrected chi connectivity index (χ0v) is 13.9. The van der Waals surface area contributed by atoms with E-state index in [0.29, 0.717) is 16.9 Å². The Balaban J connectivity index is 1.83. The largest absolute Gasteiger partial charge is 0.320 e. The molecule has 0 radical (unpaired) electrons. The van der Waals surface area contributed by atoms with Crippen LogP contribution in [0.4, 0.5) is 5.69 Å². The molecule has 0 aliphatic heterocycles. The molecule has 6 heteroatoms. The molecule has 0 unspecified atom stereocenters. The zero-order chi connectivity index (χ0) is 17.2. The number of hydrogen-bond donors (Lipinski definition) is 1. The van der Waals surface area contributed by atoms with Gasteiger partial charge in [-0.2, -0.15) is 4.68 Å². The number of tetrazole rings is 1. The van der Waals surface area contributed by atoms with E-state index in [1.165, 1.54) is 16.6 Å². The smallest absolute Gasteiger partial charge is 0.255 e. The highest BCUT2D eigenvalue weighted by Crippen LogP contribution is 2.23. The number of nitrogens with zero attached hydrogens (tertiary/aromatic N) is 4. The molecular weight excluding hydrogens is 302 g/mol. The van der Waals surface area contributed by atoms with Crippen LogP contribution in [0.1, 0.15) is 36.7 Å². The summed E-state index contributed by atoms with van der Waals surface area (Å²) in [6, 6.07) is 15.0. The summed E-state index contributed by atoms with van der Waals surface area (Å²) in [5, 5.41) is 14.0. The summed E-state index contributed by atoms with van der Waals surface area (Å²) in [7, 11) is 0. The van der Waals surface area contributed by atoms with Crippen molar-refractivity contribution in [1.29, 1.82) is 0 Å². The van der Waals surface area contributed by atoms with E-state index in [4.69, 9.17) is 0 Å². The van der Waals surface area contributed by atoms with Gasteiger partial charge in [0.2, 0.25) is 0 Å². The lowest BCUT2D eigenvalue weighted by Crippen LogP contribution is -2.15. The van der Waals surface area contributed by atoms with Crippen molar-refractivity contribution in [2.75, 3.05) is 5.32 Å². The molecule has 1 aromatic heterocycles. The van der Waals surface area contributed by atoms with Gasteiger partial charge >= 0.3 is 0 Å². The normalized spacial score (nSPS) is 11.3. The van der Waals surface area contributed by atoms with Gasteiger partial charge in [-0.05, 0) is 45.7 Å². The maximum atomic E-state index is 12.5. The summed E-state index contributed by atoms with van der Waals surface area (Å²) in [5.41, 5.74) is 3.21. The van der Waals surface area contributed by atoms with Crippen LogP contribution in [0, 0.1) is 0 Å². The number of hydrogen-bond acceptors (Lipinski definition) is 4. The van der Waals surface area contributed by atoms with Gasteiger partial charge in [0, 0.05) is 5.56 Å². The number of aromatic nitrogens is 4. The Hall–Kier alpha value is -3.02. The molecule has 0 saturated carbocycles. The lowest BCUT2D eigenvalue weighted by molar-refractivity contribution is 0.102. The topological polar surface area (TPSA) is 72.7 Å². The molecule has 0 saturated heterocycles. The van der Waals surface area contributed by atoms with E-state index >= 15 is 0 Å². The van der Waals surface area contributed by atoms with Gasteiger partial charge in [-0.1, -0.05) is 45.0 Å². The highest BCUT2D eigenvalue weighted by Gasteiger charge is 2.15. The summed E-state index contributed by atoms with van der Waals surface area (Å²) in [5.74, 6) is -0.170. The van der Waals surface area contributed by atoms with Crippen LogP contribution in [0.25, 0.3) is 5.69 Å². The minimum absolute atomic E-state index is 0.0572. The molecule has 3 aromatic rings. The molecular formula is C18H19N5O. The minimum atomic E-state index is -0.170. The second-order valence-corrected chi connectivity index (χ2v) is 6.55. The lowest BCUT2D eigenvalue weighted by Gasteiger charge is -2.19. The first-order valence-corrected chi connectivity index (χ1v) is 7.69. The maximum absolute atomic E-state index is 12.5. The number of carbonyl (C=O) groups is 1. The van der Waals surface area contributed by atoms with Gasteiger partial charge in [0.15, 0.2) is 0 Å². The van der Waals surface area contributed by atoms with Crippen molar-refractivity contribution in [2.45, 2.75) is 26.2 Å². The zero-order valence-electron chi connectivity index (χ0n) is 13.9. The monoisotopic (exact) mass is 321 g/mol. The van der Waals surface area contributed by atoms with Crippen molar-refractivity contribution in [3.05, 3.63) is 66.0 Å². The van der Waals surface area contributed by atoms with Gasteiger partial charge in [-0.25, -0.2) is 0 Å². The Labute approximate surface area is 140 Å². The van der Waals surface area contributed by atoms with E-state index in [2.05, 4.69) is 41.6 Å². The number of benzene rings is 2. The van der Waals surface area contributed by atoms with Crippen molar-refractivity contribution in [3.63, 3.8) is 0 Å². The molecule has 1 N–H and O–H groups in total. The predicted molar refractivity (Wildman–Crippen MR) is 92.2 cm³/mol. The fourth-order valence-corrected chi connectivity index (χ4v) is 2.37. The van der Waals surface area contributed by atoms with Crippen molar-refractivity contribution < 1.29 is 4.79 Å². The third-order valence-corrected chi connectivity index (χ3v) is 3.76. The molecule has 0 aliphatic rings. The fraction of sp³-hybridized carbons (Fsp3) is 0.222. The average molecular weight is 321 g/mol. The quantitative estimate of drug-likeness (QED) is 0.804. The van der Waals surface area contributed by atoms with Gasteiger partial charge in [-0.3, -0.25) is 4.79 Å². The van der Waals surface area contributed by atoms with Crippen LogP contribution in [0.15, 0.2) is 54.9 Å². The van der Waals surface area contributed by atoms with E-state index in [1.807, 2.05) is 48.5 Å². The van der Waals surface area contributed by atoms with Crippen LogP contribution in [0.5, 0.6) is 0 Å². The molecule has 2 aromatic carbocycles. The van der Waals surface area contributed by atoms with E-state index in [-0.39, 0.29) is 11.3 Å². The van der Waals surface area contributed by atoms with Crippen LogP contribution in [-0.2, 0) is 5.41 Å². The highest BCUT2D eigenvalue weighted by atomic mass is 16.1. The van der Waals surface area contributed by atoms with Crippen molar-refractivity contribution in [1.82, 2.24) is 20.2 Å². The molecule has 0 aliphatic carbocycles. The molecule has 6 nitrogen and oxygen atoms in total. The Morgan fingerprint density at radius 1 is 1.04 bits per heavy atom. The van der Waals surface area contributed by atoms with E-state index in [9.17, 15) is 4.79 Å². The van der Waals surface area contributed by atoms with Crippen LogP contribution >= 0.6 is 0 Å². The van der Waals surface area contributed by atoms with Crippen LogP contribution < -0.4 is 5.32 Å². The van der Waals surface area contributed by atoms with Gasteiger partial charge in [-0.15, -0.1) is 5.10 Å². The highest BCUT2D eigenvalue weighted by molar-refractivity contribution is 6.05. The number of rotatable bonds is 3. The SMILES string of the molecule is CC(C)(C)c1ccc(C(=O)Nc2ccccc2-n2cnnn2)cc1. The fourth-order valence-electron chi connectivity index (χ4n) is 2.37. The summed E-state index contributed by atoms with van der Waals surface area (Å²) in [4.78, 5) is 12.5. The van der Waals surface area contributed by atoms with Gasteiger partial charge in [0.05, 0.1) is 11.4 Å². The van der Waals surface area contributed by atoms with Crippen LogP contribution in [0.2, 0.25) is 0 Å². The molecule has 0 spiro atoms. The summed E-state index contributed by atoms with van der Waals surface area (Å²) < 4.78 is 1.51. The Kier molecular flexibility index (Phi) is 4.12. The van der Waals surface area contributed by atoms with Gasteiger partial charge < -0.3 is 5.32 Å². The summed E-state index contributed by atoms with van der Waals surface area (Å²) in [6.07, 6.45) is 1.49. The third kappa shape index (κ3) is 3.32. The summed E-state index contributed by atoms with van der Waals surface area (Å²) >= 11 is 0. The molecule has 0 atom stereocenters. The molecule has 1 heterocycles. The molecule has 122 valence electrons. The average Bonchev–Trinajstić information content (AvgIpc) is 3.09. The second-order valence-electron chi connectivity index (χ2n) is 6.55. The Morgan fingerprint density at radius 3 is 2.38 bits per heavy atom. The molecule has 1 amide bonds. The van der Waals surface area contributed by atoms with Gasteiger partial charge in [0.1, 0.15) is 6.33 Å². The number of amides is 1. The number of para-hydroxylation sites is 2.